The highest BCUT2D eigenvalue weighted by Gasteiger charge is 2.28. The molecular weight excluding hydrogens is 352 g/mol. The van der Waals surface area contributed by atoms with E-state index in [1.54, 1.807) is 25.3 Å². The van der Waals surface area contributed by atoms with Crippen molar-refractivity contribution in [3.63, 3.8) is 0 Å². The molecule has 0 aliphatic carbocycles. The Morgan fingerprint density at radius 3 is 2.81 bits per heavy atom. The lowest BCUT2D eigenvalue weighted by atomic mass is 10.1. The normalized spacial score (nSPS) is 15.5. The van der Waals surface area contributed by atoms with Crippen LogP contribution in [0.15, 0.2) is 18.2 Å². The fraction of sp³-hybridized carbons (Fsp3) is 0.500. The van der Waals surface area contributed by atoms with Gasteiger partial charge in [0.25, 0.3) is 5.91 Å². The Balaban J connectivity index is 2.07. The van der Waals surface area contributed by atoms with Gasteiger partial charge in [0.2, 0.25) is 11.8 Å². The Kier molecular flexibility index (Phi) is 7.00. The number of methoxy groups -OCH3 is 1. The molecular formula is C18H26N4O5. The zero-order chi connectivity index (χ0) is 20.0. The summed E-state index contributed by atoms with van der Waals surface area (Å²) in [6.07, 6.45) is 0.171. The zero-order valence-electron chi connectivity index (χ0n) is 15.9. The number of nitrogens with one attached hydrogen (secondary N) is 1. The van der Waals surface area contributed by atoms with Gasteiger partial charge in [-0.2, -0.15) is 0 Å². The summed E-state index contributed by atoms with van der Waals surface area (Å²) >= 11 is 0. The molecule has 0 bridgehead atoms. The molecule has 1 atom stereocenters. The van der Waals surface area contributed by atoms with E-state index in [2.05, 4.69) is 5.32 Å². The SMILES string of the molecule is COCCNC(=O)c1ccc2c(c1)N(C)C(CC(=O)N(C)CC(N)=O)CO2. The smallest absolute Gasteiger partial charge is 0.251 e. The Hall–Kier alpha value is -2.81. The first-order valence-corrected chi connectivity index (χ1v) is 8.62. The van der Waals surface area contributed by atoms with Crippen LogP contribution in [0.25, 0.3) is 0 Å². The van der Waals surface area contributed by atoms with Crippen LogP contribution in [-0.4, -0.2) is 76.2 Å². The highest BCUT2D eigenvalue weighted by molar-refractivity contribution is 5.95. The molecule has 1 unspecified atom stereocenters. The molecule has 0 fully saturated rings. The quantitative estimate of drug-likeness (QED) is 0.595. The first-order valence-electron chi connectivity index (χ1n) is 8.62. The lowest BCUT2D eigenvalue weighted by molar-refractivity contribution is -0.134. The van der Waals surface area contributed by atoms with Crippen molar-refractivity contribution in [2.75, 3.05) is 52.4 Å². The minimum atomic E-state index is -0.562. The molecule has 1 aliphatic rings. The largest absolute Gasteiger partial charge is 0.489 e. The second-order valence-electron chi connectivity index (χ2n) is 6.43. The van der Waals surface area contributed by atoms with Gasteiger partial charge >= 0.3 is 0 Å². The van der Waals surface area contributed by atoms with Gasteiger partial charge in [0.1, 0.15) is 12.4 Å². The van der Waals surface area contributed by atoms with Gasteiger partial charge in [-0.25, -0.2) is 0 Å². The summed E-state index contributed by atoms with van der Waals surface area (Å²) in [6.45, 7) is 1.06. The first-order chi connectivity index (χ1) is 12.8. The van der Waals surface area contributed by atoms with E-state index >= 15 is 0 Å². The fourth-order valence-corrected chi connectivity index (χ4v) is 2.79. The Bertz CT molecular complexity index is 709. The van der Waals surface area contributed by atoms with Crippen LogP contribution in [0.3, 0.4) is 0 Å². The van der Waals surface area contributed by atoms with Crippen molar-refractivity contribution in [2.24, 2.45) is 5.73 Å². The number of benzene rings is 1. The zero-order valence-corrected chi connectivity index (χ0v) is 15.9. The molecule has 27 heavy (non-hydrogen) atoms. The van der Waals surface area contributed by atoms with Crippen molar-refractivity contribution < 1.29 is 23.9 Å². The molecule has 0 saturated carbocycles. The first kappa shape index (κ1) is 20.5. The third-order valence-electron chi connectivity index (χ3n) is 4.40. The number of hydrogen-bond donors (Lipinski definition) is 2. The van der Waals surface area contributed by atoms with E-state index in [4.69, 9.17) is 15.2 Å². The van der Waals surface area contributed by atoms with Gasteiger partial charge in [0.15, 0.2) is 0 Å². The second-order valence-corrected chi connectivity index (χ2v) is 6.43. The third kappa shape index (κ3) is 5.33. The van der Waals surface area contributed by atoms with Gasteiger partial charge in [-0.15, -0.1) is 0 Å². The molecule has 2 rings (SSSR count). The number of rotatable bonds is 8. The van der Waals surface area contributed by atoms with Crippen molar-refractivity contribution in [2.45, 2.75) is 12.5 Å². The van der Waals surface area contributed by atoms with Gasteiger partial charge in [-0.3, -0.25) is 14.4 Å². The summed E-state index contributed by atoms with van der Waals surface area (Å²) in [7, 11) is 4.95. The molecule has 9 heteroatoms. The lowest BCUT2D eigenvalue weighted by Crippen LogP contribution is -2.45. The molecule has 1 heterocycles. The molecule has 3 N–H and O–H groups in total. The van der Waals surface area contributed by atoms with Crippen LogP contribution in [-0.2, 0) is 14.3 Å². The van der Waals surface area contributed by atoms with Gasteiger partial charge < -0.3 is 30.3 Å². The minimum Gasteiger partial charge on any atom is -0.489 e. The molecule has 148 valence electrons. The van der Waals surface area contributed by atoms with Crippen molar-refractivity contribution in [1.82, 2.24) is 10.2 Å². The summed E-state index contributed by atoms with van der Waals surface area (Å²) in [5, 5.41) is 2.77. The molecule has 0 aromatic heterocycles. The molecule has 1 aromatic rings. The van der Waals surface area contributed by atoms with Crippen molar-refractivity contribution in [1.29, 1.82) is 0 Å². The molecule has 9 nitrogen and oxygen atoms in total. The number of ether oxygens (including phenoxy) is 2. The van der Waals surface area contributed by atoms with E-state index in [0.717, 1.165) is 5.69 Å². The van der Waals surface area contributed by atoms with E-state index in [-0.39, 0.29) is 30.8 Å². The number of anilines is 1. The van der Waals surface area contributed by atoms with Crippen LogP contribution >= 0.6 is 0 Å². The second kappa shape index (κ2) is 9.22. The summed E-state index contributed by atoms with van der Waals surface area (Å²) in [5.74, 6) is -0.317. The number of likely N-dealkylation sites (N-methyl/N-ethyl adjacent to an activating group) is 2. The van der Waals surface area contributed by atoms with E-state index in [1.165, 1.54) is 11.9 Å². The van der Waals surface area contributed by atoms with Crippen LogP contribution in [0, 0.1) is 0 Å². The Labute approximate surface area is 158 Å². The van der Waals surface area contributed by atoms with Crippen molar-refractivity contribution >= 4 is 23.4 Å². The molecule has 0 spiro atoms. The molecule has 1 aromatic carbocycles. The molecule has 1 aliphatic heterocycles. The van der Waals surface area contributed by atoms with Gasteiger partial charge in [0, 0.05) is 33.3 Å². The fourth-order valence-electron chi connectivity index (χ4n) is 2.79. The maximum absolute atomic E-state index is 12.3. The summed E-state index contributed by atoms with van der Waals surface area (Å²) in [4.78, 5) is 38.7. The Morgan fingerprint density at radius 2 is 2.15 bits per heavy atom. The number of carbonyl (C=O) groups excluding carboxylic acids is 3. The highest BCUT2D eigenvalue weighted by atomic mass is 16.5. The van der Waals surface area contributed by atoms with Crippen molar-refractivity contribution in [3.05, 3.63) is 23.8 Å². The van der Waals surface area contributed by atoms with E-state index in [0.29, 0.717) is 31.1 Å². The number of amides is 3. The number of nitrogens with two attached hydrogens (primary N) is 1. The minimum absolute atomic E-state index is 0.126. The number of fused-ring (bicyclic) bond motifs is 1. The number of nitrogens with zero attached hydrogens (tertiary/aromatic N) is 2. The number of carbonyl (C=O) groups is 3. The number of primary amides is 1. The average Bonchev–Trinajstić information content (AvgIpc) is 2.63. The molecule has 3 amide bonds. The van der Waals surface area contributed by atoms with Crippen LogP contribution < -0.4 is 20.7 Å². The summed E-state index contributed by atoms with van der Waals surface area (Å²) < 4.78 is 10.7. The summed E-state index contributed by atoms with van der Waals surface area (Å²) in [6, 6.07) is 4.96. The maximum atomic E-state index is 12.3. The van der Waals surface area contributed by atoms with E-state index < -0.39 is 5.91 Å². The van der Waals surface area contributed by atoms with Crippen molar-refractivity contribution in [3.8, 4) is 5.75 Å². The molecule has 0 radical (unpaired) electrons. The van der Waals surface area contributed by atoms with E-state index in [9.17, 15) is 14.4 Å². The van der Waals surface area contributed by atoms with Crippen LogP contribution in [0.2, 0.25) is 0 Å². The van der Waals surface area contributed by atoms with Gasteiger partial charge in [-0.05, 0) is 18.2 Å². The highest BCUT2D eigenvalue weighted by Crippen LogP contribution is 2.34. The third-order valence-corrected chi connectivity index (χ3v) is 4.40. The van der Waals surface area contributed by atoms with Crippen LogP contribution in [0.5, 0.6) is 5.75 Å². The summed E-state index contributed by atoms with van der Waals surface area (Å²) in [5.41, 5.74) is 6.36. The lowest BCUT2D eigenvalue weighted by Gasteiger charge is -2.36. The maximum Gasteiger partial charge on any atom is 0.251 e. The predicted octanol–water partition coefficient (Wildman–Crippen LogP) is -0.406. The van der Waals surface area contributed by atoms with Crippen LogP contribution in [0.4, 0.5) is 5.69 Å². The van der Waals surface area contributed by atoms with Gasteiger partial charge in [0.05, 0.1) is 31.3 Å². The predicted molar refractivity (Wildman–Crippen MR) is 99.8 cm³/mol. The molecule has 0 saturated heterocycles. The standard InChI is InChI=1S/C18H26N4O5/c1-21(10-16(19)23)17(24)9-13-11-27-15-5-4-12(8-14(15)22(13)2)18(25)20-6-7-26-3/h4-5,8,13H,6-7,9-11H2,1-3H3,(H2,19,23)(H,20,25). The van der Waals surface area contributed by atoms with Crippen LogP contribution in [0.1, 0.15) is 16.8 Å². The average molecular weight is 378 g/mol. The number of hydrogen-bond acceptors (Lipinski definition) is 6. The van der Waals surface area contributed by atoms with E-state index in [1.807, 2.05) is 11.9 Å². The van der Waals surface area contributed by atoms with Gasteiger partial charge in [-0.1, -0.05) is 0 Å². The topological polar surface area (TPSA) is 114 Å². The Morgan fingerprint density at radius 1 is 1.41 bits per heavy atom. The monoisotopic (exact) mass is 378 g/mol.